The molecule has 0 fully saturated rings. The summed E-state index contributed by atoms with van der Waals surface area (Å²) in [6, 6.07) is 5.91. The van der Waals surface area contributed by atoms with E-state index >= 15 is 0 Å². The van der Waals surface area contributed by atoms with Crippen LogP contribution in [0.5, 0.6) is 5.75 Å². The fraction of sp³-hybridized carbons (Fsp3) is 0.438. The van der Waals surface area contributed by atoms with Crippen molar-refractivity contribution in [1.29, 1.82) is 0 Å². The number of carbonyl (C=O) groups is 1. The second-order valence-corrected chi connectivity index (χ2v) is 4.89. The smallest absolute Gasteiger partial charge is 0.225 e. The van der Waals surface area contributed by atoms with Gasteiger partial charge in [0.05, 0.1) is 7.11 Å². The first kappa shape index (κ1) is 17.4. The van der Waals surface area contributed by atoms with Crippen LogP contribution >= 0.6 is 0 Å². The van der Waals surface area contributed by atoms with E-state index in [4.69, 9.17) is 4.74 Å². The summed E-state index contributed by atoms with van der Waals surface area (Å²) in [6.45, 7) is 6.66. The van der Waals surface area contributed by atoms with Gasteiger partial charge in [0.25, 0.3) is 0 Å². The van der Waals surface area contributed by atoms with E-state index in [1.165, 1.54) is 0 Å². The molecule has 0 aliphatic carbocycles. The molecule has 1 aliphatic heterocycles. The quantitative estimate of drug-likeness (QED) is 0.787. The summed E-state index contributed by atoms with van der Waals surface area (Å²) in [6.07, 6.45) is 4.07. The van der Waals surface area contributed by atoms with Gasteiger partial charge < -0.3 is 9.64 Å². The van der Waals surface area contributed by atoms with Crippen LogP contribution in [0.1, 0.15) is 31.4 Å². The van der Waals surface area contributed by atoms with Crippen LogP contribution in [0.25, 0.3) is 5.70 Å². The summed E-state index contributed by atoms with van der Waals surface area (Å²) in [5.41, 5.74) is 3.07. The Labute approximate surface area is 146 Å². The van der Waals surface area contributed by atoms with Crippen molar-refractivity contribution in [2.45, 2.75) is 27.2 Å². The Morgan fingerprint density at radius 1 is 1.45 bits per heavy atom. The largest absolute Gasteiger partial charge is 0.497 e. The summed E-state index contributed by atoms with van der Waals surface area (Å²) in [5.74, 6) is 1.05. The molecule has 0 spiro atoms. The van der Waals surface area contributed by atoms with Gasteiger partial charge in [0.2, 0.25) is 5.91 Å². The third-order valence-electron chi connectivity index (χ3n) is 3.54. The molecule has 1 aromatic carbocycles. The van der Waals surface area contributed by atoms with Crippen LogP contribution in [0.15, 0.2) is 18.2 Å². The maximum atomic E-state index is 12.2. The van der Waals surface area contributed by atoms with Crippen molar-refractivity contribution in [3.05, 3.63) is 35.4 Å². The van der Waals surface area contributed by atoms with E-state index in [-0.39, 0.29) is 44.5 Å². The zero-order chi connectivity index (χ0) is 14.0. The van der Waals surface area contributed by atoms with Crippen LogP contribution in [0.2, 0.25) is 0 Å². The average Bonchev–Trinajstić information content (AvgIpc) is 2.42. The van der Waals surface area contributed by atoms with Gasteiger partial charge in [0.1, 0.15) is 5.75 Å². The van der Waals surface area contributed by atoms with Crippen molar-refractivity contribution in [1.82, 2.24) is 4.90 Å². The second-order valence-electron chi connectivity index (χ2n) is 4.89. The summed E-state index contributed by atoms with van der Waals surface area (Å²) < 4.78 is 5.22. The minimum atomic E-state index is 0. The number of ether oxygens (including phenoxy) is 1. The van der Waals surface area contributed by atoms with Crippen molar-refractivity contribution in [3.8, 4) is 5.75 Å². The van der Waals surface area contributed by atoms with Crippen molar-refractivity contribution in [2.24, 2.45) is 5.92 Å². The van der Waals surface area contributed by atoms with Gasteiger partial charge in [-0.2, -0.15) is 0 Å². The predicted octanol–water partition coefficient (Wildman–Crippen LogP) is 3.03. The molecule has 0 N–H and O–H groups in total. The van der Waals surface area contributed by atoms with E-state index in [1.54, 1.807) is 7.11 Å². The van der Waals surface area contributed by atoms with Gasteiger partial charge in [0.15, 0.2) is 0 Å². The van der Waals surface area contributed by atoms with Crippen LogP contribution in [0.4, 0.5) is 0 Å². The number of benzene rings is 1. The van der Waals surface area contributed by atoms with E-state index in [0.29, 0.717) is 13.0 Å². The first-order chi connectivity index (χ1) is 9.08. The molecule has 4 heteroatoms. The Bertz CT molecular complexity index is 525. The van der Waals surface area contributed by atoms with E-state index in [2.05, 4.69) is 6.08 Å². The Kier molecular flexibility index (Phi) is 6.41. The first-order valence-corrected chi connectivity index (χ1v) is 6.65. The third kappa shape index (κ3) is 3.32. The van der Waals surface area contributed by atoms with Crippen LogP contribution in [0, 0.1) is 18.9 Å². The van der Waals surface area contributed by atoms with Gasteiger partial charge in [-0.05, 0) is 19.1 Å². The van der Waals surface area contributed by atoms with E-state index in [1.807, 2.05) is 43.9 Å². The fourth-order valence-electron chi connectivity index (χ4n) is 2.39. The molecule has 1 aliphatic rings. The Morgan fingerprint density at radius 3 is 2.70 bits per heavy atom. The van der Waals surface area contributed by atoms with Crippen LogP contribution in [-0.2, 0) is 37.5 Å². The second kappa shape index (κ2) is 7.37. The summed E-state index contributed by atoms with van der Waals surface area (Å²) in [7, 11) is 1.66. The molecule has 1 radical (unpaired) electrons. The molecule has 3 nitrogen and oxygen atoms in total. The number of hydrogen-bond acceptors (Lipinski definition) is 2. The number of hydrogen-bond donors (Lipinski definition) is 0. The molecule has 1 aromatic rings. The van der Waals surface area contributed by atoms with E-state index < -0.39 is 0 Å². The Morgan fingerprint density at radius 2 is 2.15 bits per heavy atom. The number of amides is 1. The first-order valence-electron chi connectivity index (χ1n) is 6.65. The summed E-state index contributed by atoms with van der Waals surface area (Å²) in [5, 5.41) is 0. The molecule has 2 rings (SSSR count). The number of nitrogens with zero attached hydrogens (tertiary/aromatic N) is 1. The number of methoxy groups -OCH3 is 1. The molecule has 0 saturated carbocycles. The average molecular weight is 347 g/mol. The van der Waals surface area contributed by atoms with Crippen molar-refractivity contribution in [2.75, 3.05) is 13.7 Å². The molecule has 105 valence electrons. The molecule has 1 unspecified atom stereocenters. The summed E-state index contributed by atoms with van der Waals surface area (Å²) >= 11 is 0. The number of rotatable bonds is 3. The molecule has 0 saturated heterocycles. The van der Waals surface area contributed by atoms with Gasteiger partial charge in [-0.25, -0.2) is 6.08 Å². The molecule has 1 amide bonds. The minimum absolute atomic E-state index is 0. The maximum absolute atomic E-state index is 12.2. The number of carbonyl (C=O) groups excluding carboxylic acids is 1. The van der Waals surface area contributed by atoms with Crippen molar-refractivity contribution in [3.63, 3.8) is 0 Å². The van der Waals surface area contributed by atoms with Gasteiger partial charge in [-0.15, -0.1) is 22.9 Å². The predicted molar refractivity (Wildman–Crippen MR) is 75.5 cm³/mol. The zero-order valence-corrected chi connectivity index (χ0v) is 15.4. The zero-order valence-electron chi connectivity index (χ0n) is 12.6. The standard InChI is InChI=1S/C16H20NO2.Y/c1-5-17-15(9-6-11(2)16(17)18)14-8-7-13(19-4)10-12(14)3;/h7-8,10-11H,5-6H2,1-4H3;/q-1;. The van der Waals surface area contributed by atoms with Gasteiger partial charge in [-0.3, -0.25) is 4.79 Å². The third-order valence-corrected chi connectivity index (χ3v) is 3.54. The molecule has 1 atom stereocenters. The summed E-state index contributed by atoms with van der Waals surface area (Å²) in [4.78, 5) is 14.0. The van der Waals surface area contributed by atoms with Crippen molar-refractivity contribution < 1.29 is 42.2 Å². The molecule has 0 aromatic heterocycles. The number of aryl methyl sites for hydroxylation is 1. The SMILES string of the molecule is CCN1C(=O)C(C)C[C-]=C1c1ccc(OC)cc1C.[Y]. The van der Waals surface area contributed by atoms with Gasteiger partial charge in [-0.1, -0.05) is 20.3 Å². The van der Waals surface area contributed by atoms with Gasteiger partial charge >= 0.3 is 0 Å². The van der Waals surface area contributed by atoms with Crippen LogP contribution < -0.4 is 4.74 Å². The van der Waals surface area contributed by atoms with E-state index in [0.717, 1.165) is 22.6 Å². The molecular formula is C16H20NO2Y-. The van der Waals surface area contributed by atoms with Gasteiger partial charge in [0, 0.05) is 45.2 Å². The minimum Gasteiger partial charge on any atom is -0.497 e. The Hall–Kier alpha value is -0.666. The molecular weight excluding hydrogens is 327 g/mol. The van der Waals surface area contributed by atoms with E-state index in [9.17, 15) is 4.79 Å². The molecule has 1 heterocycles. The van der Waals surface area contributed by atoms with Crippen molar-refractivity contribution >= 4 is 11.6 Å². The molecule has 0 bridgehead atoms. The topological polar surface area (TPSA) is 29.5 Å². The normalized spacial score (nSPS) is 18.4. The van der Waals surface area contributed by atoms with Crippen LogP contribution in [-0.4, -0.2) is 24.5 Å². The monoisotopic (exact) mass is 347 g/mol. The fourth-order valence-corrected chi connectivity index (χ4v) is 2.39. The Balaban J connectivity index is 0.00000200. The maximum Gasteiger partial charge on any atom is 0.225 e. The van der Waals surface area contributed by atoms with Crippen LogP contribution in [0.3, 0.4) is 0 Å². The molecule has 20 heavy (non-hydrogen) atoms. The number of allylic oxidation sites excluding steroid dienone is 1.